The molecular formula is C33H33F3N6O2S. The summed E-state index contributed by atoms with van der Waals surface area (Å²) in [5.41, 5.74) is 1.22. The summed E-state index contributed by atoms with van der Waals surface area (Å²) < 4.78 is 48.6. The van der Waals surface area contributed by atoms with E-state index < -0.39 is 17.3 Å². The van der Waals surface area contributed by atoms with Crippen LogP contribution >= 0.6 is 12.2 Å². The lowest BCUT2D eigenvalue weighted by atomic mass is 10.0. The van der Waals surface area contributed by atoms with Crippen LogP contribution in [0.1, 0.15) is 41.8 Å². The number of imidazole rings is 1. The van der Waals surface area contributed by atoms with E-state index in [4.69, 9.17) is 22.2 Å². The predicted octanol–water partition coefficient (Wildman–Crippen LogP) is 6.17. The number of halogens is 3. The Labute approximate surface area is 265 Å². The number of nitrogens with one attached hydrogen (secondary N) is 2. The highest BCUT2D eigenvalue weighted by molar-refractivity contribution is 7.80. The lowest BCUT2D eigenvalue weighted by molar-refractivity contribution is -0.138. The van der Waals surface area contributed by atoms with Crippen LogP contribution in [0.25, 0.3) is 0 Å². The minimum atomic E-state index is -4.54. The summed E-state index contributed by atoms with van der Waals surface area (Å²) in [6.07, 6.45) is -1.26. The van der Waals surface area contributed by atoms with Crippen LogP contribution in [0.5, 0.6) is 5.75 Å². The van der Waals surface area contributed by atoms with Crippen LogP contribution in [0.3, 0.4) is 0 Å². The van der Waals surface area contributed by atoms with Crippen LogP contribution in [0.2, 0.25) is 0 Å². The third-order valence-corrected chi connectivity index (χ3v) is 7.31. The van der Waals surface area contributed by atoms with Crippen molar-refractivity contribution in [1.29, 1.82) is 5.26 Å². The van der Waals surface area contributed by atoms with E-state index in [1.807, 2.05) is 16.7 Å². The van der Waals surface area contributed by atoms with Crippen molar-refractivity contribution in [2.24, 2.45) is 0 Å². The second-order valence-corrected chi connectivity index (χ2v) is 11.5. The van der Waals surface area contributed by atoms with Gasteiger partial charge in [0.1, 0.15) is 5.75 Å². The molecule has 3 aromatic carbocycles. The number of aromatic nitrogens is 2. The Morgan fingerprint density at radius 1 is 1.07 bits per heavy atom. The summed E-state index contributed by atoms with van der Waals surface area (Å²) in [6, 6.07) is 21.6. The fraction of sp³-hybridized carbons (Fsp3) is 0.273. The van der Waals surface area contributed by atoms with E-state index in [9.17, 15) is 18.0 Å². The Morgan fingerprint density at radius 3 is 2.40 bits per heavy atom. The standard InChI is InChI=1S/C33H33F3N6O2S/c1-32(2,40-30(43)16-27-18-38-22-42(27)19-24-10-8-23(17-37)9-11-24)21-41(20-25-6-4-5-7-29(25)33(34,35)36)31(45)39-26-12-14-28(44-3)15-13-26/h4-15,18,22H,16,19-21H2,1-3H3,(H,39,45)(H,40,43). The van der Waals surface area contributed by atoms with Crippen molar-refractivity contribution in [1.82, 2.24) is 19.8 Å². The van der Waals surface area contributed by atoms with Crippen LogP contribution in [0.4, 0.5) is 18.9 Å². The largest absolute Gasteiger partial charge is 0.497 e. The Hall–Kier alpha value is -4.89. The minimum Gasteiger partial charge on any atom is -0.497 e. The van der Waals surface area contributed by atoms with Crippen molar-refractivity contribution in [3.8, 4) is 11.8 Å². The molecule has 0 fully saturated rings. The summed E-state index contributed by atoms with van der Waals surface area (Å²) >= 11 is 5.68. The number of anilines is 1. The fourth-order valence-corrected chi connectivity index (χ4v) is 5.09. The lowest BCUT2D eigenvalue weighted by Crippen LogP contribution is -2.53. The molecule has 0 saturated carbocycles. The molecule has 0 aliphatic carbocycles. The normalized spacial score (nSPS) is 11.4. The third-order valence-electron chi connectivity index (χ3n) is 6.95. The van der Waals surface area contributed by atoms with E-state index >= 15 is 0 Å². The van der Waals surface area contributed by atoms with Gasteiger partial charge in [0.15, 0.2) is 5.11 Å². The molecule has 0 unspecified atom stereocenters. The molecule has 234 valence electrons. The second kappa shape index (κ2) is 14.3. The van der Waals surface area contributed by atoms with E-state index in [1.54, 1.807) is 80.8 Å². The fourth-order valence-electron chi connectivity index (χ4n) is 4.84. The summed E-state index contributed by atoms with van der Waals surface area (Å²) in [6.45, 7) is 4.01. The quantitative estimate of drug-likeness (QED) is 0.191. The highest BCUT2D eigenvalue weighted by atomic mass is 32.1. The first kappa shape index (κ1) is 33.0. The molecule has 4 rings (SSSR count). The van der Waals surface area contributed by atoms with Crippen molar-refractivity contribution in [2.45, 2.75) is 45.1 Å². The zero-order valence-corrected chi connectivity index (χ0v) is 25.9. The van der Waals surface area contributed by atoms with Crippen molar-refractivity contribution in [2.75, 3.05) is 19.0 Å². The molecule has 0 aliphatic rings. The van der Waals surface area contributed by atoms with Gasteiger partial charge in [-0.15, -0.1) is 0 Å². The first-order valence-corrected chi connectivity index (χ1v) is 14.4. The molecule has 1 heterocycles. The molecule has 4 aromatic rings. The van der Waals surface area contributed by atoms with Crippen molar-refractivity contribution >= 4 is 28.9 Å². The summed E-state index contributed by atoms with van der Waals surface area (Å²) in [5.74, 6) is 0.357. The number of alkyl halides is 3. The number of thiocarbonyl (C=S) groups is 1. The van der Waals surface area contributed by atoms with Gasteiger partial charge in [-0.3, -0.25) is 4.79 Å². The maximum Gasteiger partial charge on any atom is 0.416 e. The molecule has 8 nitrogen and oxygen atoms in total. The molecule has 1 aromatic heterocycles. The SMILES string of the molecule is COc1ccc(NC(=S)N(Cc2ccccc2C(F)(F)F)CC(C)(C)NC(=O)Cc2cncn2Cc2ccc(C#N)cc2)cc1. The van der Waals surface area contributed by atoms with Gasteiger partial charge in [-0.2, -0.15) is 18.4 Å². The molecule has 0 atom stereocenters. The number of nitriles is 1. The zero-order valence-electron chi connectivity index (χ0n) is 25.1. The number of hydrogen-bond donors (Lipinski definition) is 2. The van der Waals surface area contributed by atoms with Gasteiger partial charge >= 0.3 is 6.18 Å². The number of methoxy groups -OCH3 is 1. The highest BCUT2D eigenvalue weighted by Crippen LogP contribution is 2.32. The van der Waals surface area contributed by atoms with Crippen LogP contribution in [0.15, 0.2) is 85.3 Å². The first-order valence-electron chi connectivity index (χ1n) is 14.0. The number of hydrogen-bond acceptors (Lipinski definition) is 5. The van der Waals surface area contributed by atoms with Gasteiger partial charge < -0.3 is 24.8 Å². The van der Waals surface area contributed by atoms with Gasteiger partial charge in [0, 0.05) is 37.2 Å². The summed E-state index contributed by atoms with van der Waals surface area (Å²) in [5, 5.41) is 15.3. The van der Waals surface area contributed by atoms with E-state index in [-0.39, 0.29) is 36.1 Å². The number of rotatable bonds is 11. The van der Waals surface area contributed by atoms with E-state index in [2.05, 4.69) is 21.7 Å². The topological polar surface area (TPSA) is 95.2 Å². The number of amides is 1. The minimum absolute atomic E-state index is 0.0329. The van der Waals surface area contributed by atoms with Crippen molar-refractivity contribution < 1.29 is 22.7 Å². The molecule has 0 radical (unpaired) electrons. The number of ether oxygens (including phenoxy) is 1. The van der Waals surface area contributed by atoms with E-state index in [0.29, 0.717) is 29.2 Å². The number of carbonyl (C=O) groups is 1. The second-order valence-electron chi connectivity index (χ2n) is 11.1. The molecule has 1 amide bonds. The number of carbonyl (C=O) groups excluding carboxylic acids is 1. The molecule has 0 spiro atoms. The molecule has 12 heteroatoms. The Kier molecular flexibility index (Phi) is 10.5. The van der Waals surface area contributed by atoms with Gasteiger partial charge in [-0.25, -0.2) is 4.98 Å². The lowest BCUT2D eigenvalue weighted by Gasteiger charge is -2.35. The number of nitrogens with zero attached hydrogens (tertiary/aromatic N) is 4. The van der Waals surface area contributed by atoms with Crippen LogP contribution in [-0.2, 0) is 30.5 Å². The summed E-state index contributed by atoms with van der Waals surface area (Å²) in [7, 11) is 1.55. The molecule has 0 saturated heterocycles. The Bertz CT molecular complexity index is 1660. The van der Waals surface area contributed by atoms with Gasteiger partial charge in [0.2, 0.25) is 5.91 Å². The monoisotopic (exact) mass is 634 g/mol. The predicted molar refractivity (Wildman–Crippen MR) is 169 cm³/mol. The average molecular weight is 635 g/mol. The smallest absolute Gasteiger partial charge is 0.416 e. The van der Waals surface area contributed by atoms with Gasteiger partial charge in [-0.1, -0.05) is 30.3 Å². The molecular weight excluding hydrogens is 601 g/mol. The Balaban J connectivity index is 1.49. The number of benzene rings is 3. The third kappa shape index (κ3) is 9.30. The van der Waals surface area contributed by atoms with Crippen LogP contribution in [-0.4, -0.2) is 44.7 Å². The average Bonchev–Trinajstić information content (AvgIpc) is 3.42. The van der Waals surface area contributed by atoms with Crippen molar-refractivity contribution in [3.05, 3.63) is 113 Å². The van der Waals surface area contributed by atoms with E-state index in [0.717, 1.165) is 11.6 Å². The first-order chi connectivity index (χ1) is 21.4. The maximum atomic E-state index is 13.9. The van der Waals surface area contributed by atoms with E-state index in [1.165, 1.54) is 12.1 Å². The highest BCUT2D eigenvalue weighted by Gasteiger charge is 2.34. The molecule has 0 aliphatic heterocycles. The van der Waals surface area contributed by atoms with Gasteiger partial charge in [-0.05, 0) is 79.7 Å². The van der Waals surface area contributed by atoms with Gasteiger partial charge in [0.25, 0.3) is 0 Å². The van der Waals surface area contributed by atoms with Crippen molar-refractivity contribution in [3.63, 3.8) is 0 Å². The zero-order chi connectivity index (χ0) is 32.6. The molecule has 45 heavy (non-hydrogen) atoms. The Morgan fingerprint density at radius 2 is 1.76 bits per heavy atom. The summed E-state index contributed by atoms with van der Waals surface area (Å²) in [4.78, 5) is 19.1. The van der Waals surface area contributed by atoms with Crippen LogP contribution in [0, 0.1) is 11.3 Å². The molecule has 0 bridgehead atoms. The molecule has 2 N–H and O–H groups in total. The maximum absolute atomic E-state index is 13.9. The van der Waals surface area contributed by atoms with Gasteiger partial charge in [0.05, 0.1) is 42.6 Å². The van der Waals surface area contributed by atoms with Crippen LogP contribution < -0.4 is 15.4 Å².